The molecule has 1 aliphatic heterocycles. The minimum atomic E-state index is -1.38. The van der Waals surface area contributed by atoms with Gasteiger partial charge < -0.3 is 5.11 Å². The van der Waals surface area contributed by atoms with E-state index in [1.165, 1.54) is 6.21 Å². The molecular weight excluding hydrogens is 191 g/mol. The Labute approximate surface area is 59.6 Å². The molecule has 1 heterocycles. The first-order valence-electron chi connectivity index (χ1n) is 2.23. The lowest BCUT2D eigenvalue weighted by Gasteiger charge is -2.15. The van der Waals surface area contributed by atoms with Gasteiger partial charge in [0.25, 0.3) is 6.35 Å². The summed E-state index contributed by atoms with van der Waals surface area (Å²) in [5.74, 6) is 0. The van der Waals surface area contributed by atoms with Gasteiger partial charge in [-0.2, -0.15) is 5.12 Å². The average Bonchev–Trinajstić information content (AvgIpc) is 1.80. The molecule has 50 valence electrons. The number of aliphatic hydroxyl groups is 1. The van der Waals surface area contributed by atoms with Crippen molar-refractivity contribution in [1.82, 2.24) is 5.12 Å². The van der Waals surface area contributed by atoms with Gasteiger partial charge >= 0.3 is 0 Å². The summed E-state index contributed by atoms with van der Waals surface area (Å²) < 4.78 is 12.7. The van der Waals surface area contributed by atoms with Crippen LogP contribution in [-0.2, 0) is 0 Å². The third-order valence-corrected chi connectivity index (χ3v) is 1.21. The number of aliphatic hydroxyl groups excluding tert-OH is 1. The van der Waals surface area contributed by atoms with Crippen LogP contribution < -0.4 is 0 Å². The molecule has 0 saturated carbocycles. The lowest BCUT2D eigenvalue weighted by Crippen LogP contribution is -2.23. The second-order valence-electron chi connectivity index (χ2n) is 1.48. The quantitative estimate of drug-likeness (QED) is 0.579. The number of allylic oxidation sites excluding steroid dienone is 1. The monoisotopic (exact) mass is 194 g/mol. The molecule has 1 unspecified atom stereocenters. The Balaban J connectivity index is 2.70. The summed E-state index contributed by atoms with van der Waals surface area (Å²) in [4.78, 5) is 3.36. The Hall–Kier alpha value is -0.420. The molecule has 3 nitrogen and oxygen atoms in total. The zero-order chi connectivity index (χ0) is 6.85. The van der Waals surface area contributed by atoms with Gasteiger partial charge in [0.15, 0.2) is 0 Å². The van der Waals surface area contributed by atoms with Crippen LogP contribution in [0.3, 0.4) is 0 Å². The normalized spacial score (nSPS) is 26.3. The zero-order valence-corrected chi connectivity index (χ0v) is 5.92. The molecule has 0 bridgehead atoms. The van der Waals surface area contributed by atoms with E-state index in [0.29, 0.717) is 4.48 Å². The lowest BCUT2D eigenvalue weighted by molar-refractivity contribution is -0.0777. The van der Waals surface area contributed by atoms with Gasteiger partial charge in [-0.05, 0) is 15.9 Å². The summed E-state index contributed by atoms with van der Waals surface area (Å²) in [6.07, 6.45) is 1.05. The number of hydrogen-bond acceptors (Lipinski definition) is 3. The minimum absolute atomic E-state index is 0.101. The van der Waals surface area contributed by atoms with E-state index in [4.69, 9.17) is 5.11 Å². The minimum Gasteiger partial charge on any atom is -0.353 e. The molecule has 5 heteroatoms. The van der Waals surface area contributed by atoms with Crippen molar-refractivity contribution in [2.24, 2.45) is 4.99 Å². The van der Waals surface area contributed by atoms with Gasteiger partial charge in [-0.1, -0.05) is 4.48 Å². The van der Waals surface area contributed by atoms with Crippen molar-refractivity contribution < 1.29 is 9.59 Å². The third-order valence-electron chi connectivity index (χ3n) is 0.798. The van der Waals surface area contributed by atoms with Crippen LogP contribution in [0.5, 0.6) is 0 Å². The fourth-order valence-corrected chi connectivity index (χ4v) is 0.733. The van der Waals surface area contributed by atoms with Gasteiger partial charge in [0.2, 0.25) is 0 Å². The maximum absolute atomic E-state index is 12.2. The summed E-state index contributed by atoms with van der Waals surface area (Å²) in [6, 6.07) is 0. The van der Waals surface area contributed by atoms with E-state index in [1.807, 2.05) is 0 Å². The van der Waals surface area contributed by atoms with E-state index in [2.05, 4.69) is 20.9 Å². The smallest absolute Gasteiger partial charge is 0.252 e. The van der Waals surface area contributed by atoms with Crippen LogP contribution in [0, 0.1) is 0 Å². The second kappa shape index (κ2) is 2.45. The molecule has 0 saturated heterocycles. The van der Waals surface area contributed by atoms with E-state index >= 15 is 0 Å². The molecule has 0 aromatic rings. The average molecular weight is 195 g/mol. The van der Waals surface area contributed by atoms with E-state index in [0.717, 1.165) is 6.20 Å². The highest BCUT2D eigenvalue weighted by molar-refractivity contribution is 9.12. The molecule has 0 aromatic carbocycles. The van der Waals surface area contributed by atoms with Crippen LogP contribution in [0.15, 0.2) is 15.7 Å². The van der Waals surface area contributed by atoms with Crippen LogP contribution >= 0.6 is 15.9 Å². The number of aliphatic imine (C=N–C) groups is 1. The maximum Gasteiger partial charge on any atom is 0.252 e. The van der Waals surface area contributed by atoms with Gasteiger partial charge in [-0.3, -0.25) is 0 Å². The van der Waals surface area contributed by atoms with Crippen LogP contribution in [-0.4, -0.2) is 22.8 Å². The van der Waals surface area contributed by atoms with E-state index in [1.54, 1.807) is 0 Å². The van der Waals surface area contributed by atoms with Gasteiger partial charge in [-0.15, -0.1) is 0 Å². The van der Waals surface area contributed by atoms with Gasteiger partial charge in [0.1, 0.15) is 0 Å². The van der Waals surface area contributed by atoms with Crippen molar-refractivity contribution in [1.29, 1.82) is 0 Å². The Morgan fingerprint density at radius 2 is 2.56 bits per heavy atom. The largest absolute Gasteiger partial charge is 0.353 e. The molecule has 0 aromatic heterocycles. The summed E-state index contributed by atoms with van der Waals surface area (Å²) in [5.41, 5.74) is 0. The second-order valence-corrected chi connectivity index (χ2v) is 2.40. The highest BCUT2D eigenvalue weighted by Crippen LogP contribution is 2.12. The Morgan fingerprint density at radius 1 is 1.89 bits per heavy atom. The number of hydrogen-bond donors (Lipinski definition) is 1. The van der Waals surface area contributed by atoms with Crippen molar-refractivity contribution in [3.8, 4) is 0 Å². The molecule has 1 atom stereocenters. The Bertz CT molecular complexity index is 170. The van der Waals surface area contributed by atoms with E-state index < -0.39 is 6.35 Å². The summed E-state index contributed by atoms with van der Waals surface area (Å²) in [6.45, 7) is 0. The fourth-order valence-electron chi connectivity index (χ4n) is 0.419. The predicted octanol–water partition coefficient (Wildman–Crippen LogP) is 0.770. The Kier molecular flexibility index (Phi) is 1.82. The van der Waals surface area contributed by atoms with Crippen molar-refractivity contribution in [3.63, 3.8) is 0 Å². The number of nitrogens with zero attached hydrogens (tertiary/aromatic N) is 2. The van der Waals surface area contributed by atoms with Gasteiger partial charge in [0.05, 0.1) is 10.7 Å². The van der Waals surface area contributed by atoms with Crippen LogP contribution in [0.25, 0.3) is 0 Å². The zero-order valence-electron chi connectivity index (χ0n) is 4.33. The molecule has 0 spiro atoms. The molecule has 1 rings (SSSR count). The summed E-state index contributed by atoms with van der Waals surface area (Å²) >= 11 is 2.98. The molecule has 0 radical (unpaired) electrons. The van der Waals surface area contributed by atoms with Gasteiger partial charge in [-0.25, -0.2) is 4.99 Å². The highest BCUT2D eigenvalue weighted by atomic mass is 79.9. The summed E-state index contributed by atoms with van der Waals surface area (Å²) in [5, 5.41) is 8.68. The SMILES string of the molecule is OC1N=CC(Br)=CN1F. The van der Waals surface area contributed by atoms with Crippen LogP contribution in [0.4, 0.5) is 4.48 Å². The fraction of sp³-hybridized carbons (Fsp3) is 0.250. The van der Waals surface area contributed by atoms with E-state index in [-0.39, 0.29) is 5.12 Å². The predicted molar refractivity (Wildman–Crippen MR) is 34.5 cm³/mol. The Morgan fingerprint density at radius 3 is 3.00 bits per heavy atom. The molecule has 1 aliphatic rings. The summed E-state index contributed by atoms with van der Waals surface area (Å²) in [7, 11) is 0. The standard InChI is InChI=1S/C4H4BrFN2O/c5-3-1-7-4(9)8(6)2-3/h1-2,4,9H. The van der Waals surface area contributed by atoms with Crippen molar-refractivity contribution in [3.05, 3.63) is 10.7 Å². The van der Waals surface area contributed by atoms with Gasteiger partial charge in [0, 0.05) is 6.21 Å². The molecule has 1 N–H and O–H groups in total. The maximum atomic E-state index is 12.2. The van der Waals surface area contributed by atoms with Crippen LogP contribution in [0.1, 0.15) is 0 Å². The first-order valence-corrected chi connectivity index (χ1v) is 3.02. The lowest BCUT2D eigenvalue weighted by atomic mass is 10.6. The van der Waals surface area contributed by atoms with Crippen LogP contribution in [0.2, 0.25) is 0 Å². The molecule has 0 fully saturated rings. The first kappa shape index (κ1) is 6.70. The van der Waals surface area contributed by atoms with Crippen molar-refractivity contribution in [2.75, 3.05) is 0 Å². The molecule has 9 heavy (non-hydrogen) atoms. The molecular formula is C4H4BrFN2O. The van der Waals surface area contributed by atoms with E-state index in [9.17, 15) is 4.48 Å². The topological polar surface area (TPSA) is 35.8 Å². The number of rotatable bonds is 0. The molecule has 0 aliphatic carbocycles. The van der Waals surface area contributed by atoms with Crippen molar-refractivity contribution >= 4 is 22.1 Å². The number of halogens is 2. The van der Waals surface area contributed by atoms with Crippen molar-refractivity contribution in [2.45, 2.75) is 6.35 Å². The third kappa shape index (κ3) is 1.49. The first-order chi connectivity index (χ1) is 4.20. The highest BCUT2D eigenvalue weighted by Gasteiger charge is 2.12. The molecule has 0 amide bonds.